The summed E-state index contributed by atoms with van der Waals surface area (Å²) in [5.74, 6) is -1.28. The Morgan fingerprint density at radius 1 is 0.458 bits per heavy atom. The lowest BCUT2D eigenvalue weighted by atomic mass is 9.95. The second-order valence-corrected chi connectivity index (χ2v) is 16.2. The van der Waals surface area contributed by atoms with Crippen molar-refractivity contribution in [2.75, 3.05) is 118 Å². The number of hydrogen-bond donors (Lipinski definition) is 4. The van der Waals surface area contributed by atoms with Crippen molar-refractivity contribution in [2.24, 2.45) is 0 Å². The van der Waals surface area contributed by atoms with Gasteiger partial charge in [-0.3, -0.25) is 9.59 Å². The number of fused-ring (bicyclic) bond motifs is 2. The predicted molar refractivity (Wildman–Crippen MR) is 265 cm³/mol. The largest absolute Gasteiger partial charge is 0.494 e. The molecular formula is C52H62N4O16. The lowest BCUT2D eigenvalue weighted by Gasteiger charge is -2.12. The first kappa shape index (κ1) is 54.1. The van der Waals surface area contributed by atoms with Gasteiger partial charge in [0, 0.05) is 46.0 Å². The minimum Gasteiger partial charge on any atom is -0.494 e. The molecule has 4 heterocycles. The fourth-order valence-electron chi connectivity index (χ4n) is 8.42. The second-order valence-electron chi connectivity index (χ2n) is 16.2. The molecule has 0 aliphatic carbocycles. The van der Waals surface area contributed by atoms with E-state index in [-0.39, 0.29) is 82.7 Å². The molecule has 0 spiro atoms. The molecule has 6 N–H and O–H groups in total. The zero-order valence-corrected chi connectivity index (χ0v) is 41.3. The summed E-state index contributed by atoms with van der Waals surface area (Å²) < 4.78 is 60.6. The Morgan fingerprint density at radius 3 is 1.06 bits per heavy atom. The number of carboxylic acid groups (broad SMARTS) is 2. The van der Waals surface area contributed by atoms with Crippen LogP contribution in [0.4, 0.5) is 11.4 Å². The van der Waals surface area contributed by atoms with Crippen molar-refractivity contribution < 1.29 is 76.8 Å². The van der Waals surface area contributed by atoms with Gasteiger partial charge in [-0.25, -0.2) is 9.59 Å². The standard InChI is InChI=1S/C52H62N4O16/c1-31-35(11-13-37(53)41(31)51(59)60)47(57)43-33(3)49(63-5)45-39(9-7-15-55(43)45)71-29-27-69-25-23-67-21-19-65-17-18-66-20-22-68-24-26-70-28-30-72-40-10-8-16-56-44(34(4)50(64-6)46(40)56)48(58)36-12-14-38(54)42(32(36)2)52(61)62/h7-16H,17-30,53-54H2,1-6H3,(H,59,60)(H,61,62). The summed E-state index contributed by atoms with van der Waals surface area (Å²) in [5.41, 5.74) is 15.6. The van der Waals surface area contributed by atoms with E-state index in [1.165, 1.54) is 38.5 Å². The molecule has 0 saturated carbocycles. The van der Waals surface area contributed by atoms with Gasteiger partial charge in [-0.1, -0.05) is 0 Å². The highest BCUT2D eigenvalue weighted by atomic mass is 16.6. The molecule has 20 nitrogen and oxygen atoms in total. The maximum atomic E-state index is 13.9. The smallest absolute Gasteiger partial charge is 0.338 e. The molecule has 0 fully saturated rings. The molecule has 386 valence electrons. The average molecular weight is 999 g/mol. The highest BCUT2D eigenvalue weighted by molar-refractivity contribution is 6.14. The average Bonchev–Trinajstić information content (AvgIpc) is 3.81. The summed E-state index contributed by atoms with van der Waals surface area (Å²) in [6.45, 7) is 11.5. The number of hydrogen-bond acceptors (Lipinski definition) is 16. The second kappa shape index (κ2) is 25.8. The monoisotopic (exact) mass is 998 g/mol. The first-order valence-corrected chi connectivity index (χ1v) is 23.2. The highest BCUT2D eigenvalue weighted by Gasteiger charge is 2.29. The predicted octanol–water partition coefficient (Wildman–Crippen LogP) is 6.02. The zero-order chi connectivity index (χ0) is 51.9. The van der Waals surface area contributed by atoms with E-state index in [2.05, 4.69) is 0 Å². The third kappa shape index (κ3) is 12.3. The number of carbonyl (C=O) groups excluding carboxylic acids is 2. The van der Waals surface area contributed by atoms with Crippen molar-refractivity contribution in [1.82, 2.24) is 8.80 Å². The number of ketones is 2. The Labute approximate surface area is 416 Å². The number of nitrogens with zero attached hydrogens (tertiary/aromatic N) is 2. The van der Waals surface area contributed by atoms with E-state index in [1.807, 2.05) is 0 Å². The molecule has 6 aromatic rings. The van der Waals surface area contributed by atoms with E-state index in [0.717, 1.165) is 0 Å². The van der Waals surface area contributed by atoms with E-state index in [4.69, 9.17) is 58.8 Å². The van der Waals surface area contributed by atoms with Crippen LogP contribution in [0.1, 0.15) is 75.1 Å². The van der Waals surface area contributed by atoms with Crippen molar-refractivity contribution in [3.8, 4) is 23.0 Å². The summed E-state index contributed by atoms with van der Waals surface area (Å²) >= 11 is 0. The summed E-state index contributed by atoms with van der Waals surface area (Å²) in [5, 5.41) is 19.4. The van der Waals surface area contributed by atoms with E-state index >= 15 is 0 Å². The van der Waals surface area contributed by atoms with Crippen LogP contribution in [0.25, 0.3) is 11.0 Å². The molecule has 0 radical (unpaired) electrons. The van der Waals surface area contributed by atoms with Crippen LogP contribution in [0.15, 0.2) is 60.9 Å². The van der Waals surface area contributed by atoms with E-state index < -0.39 is 11.9 Å². The van der Waals surface area contributed by atoms with Crippen LogP contribution in [0.5, 0.6) is 23.0 Å². The van der Waals surface area contributed by atoms with Crippen LogP contribution in [0, 0.1) is 27.7 Å². The van der Waals surface area contributed by atoms with E-state index in [0.29, 0.717) is 123 Å². The number of aromatic carboxylic acids is 2. The molecule has 72 heavy (non-hydrogen) atoms. The number of nitrogen functional groups attached to an aromatic ring is 2. The quantitative estimate of drug-likeness (QED) is 0.0220. The summed E-state index contributed by atoms with van der Waals surface area (Å²) in [4.78, 5) is 51.5. The van der Waals surface area contributed by atoms with Gasteiger partial charge in [0.25, 0.3) is 0 Å². The molecule has 0 saturated heterocycles. The number of ether oxygens (including phenoxy) is 10. The molecule has 0 aliphatic rings. The zero-order valence-electron chi connectivity index (χ0n) is 41.3. The number of carbonyl (C=O) groups is 4. The van der Waals surface area contributed by atoms with Gasteiger partial charge < -0.3 is 77.9 Å². The topological polar surface area (TPSA) is 262 Å². The van der Waals surface area contributed by atoms with Gasteiger partial charge in [0.2, 0.25) is 11.6 Å². The van der Waals surface area contributed by atoms with Crippen LogP contribution >= 0.6 is 0 Å². The van der Waals surface area contributed by atoms with Crippen molar-refractivity contribution in [3.63, 3.8) is 0 Å². The van der Waals surface area contributed by atoms with Gasteiger partial charge in [-0.05, 0) is 87.4 Å². The Hall–Kier alpha value is -7.20. The lowest BCUT2D eigenvalue weighted by molar-refractivity contribution is -0.0187. The van der Waals surface area contributed by atoms with E-state index in [1.54, 1.807) is 73.2 Å². The first-order valence-electron chi connectivity index (χ1n) is 23.2. The number of methoxy groups -OCH3 is 2. The van der Waals surface area contributed by atoms with Gasteiger partial charge in [0.15, 0.2) is 11.5 Å². The van der Waals surface area contributed by atoms with Gasteiger partial charge in [0.1, 0.15) is 47.1 Å². The maximum Gasteiger partial charge on any atom is 0.338 e. The Kier molecular flexibility index (Phi) is 19.4. The molecule has 0 bridgehead atoms. The van der Waals surface area contributed by atoms with Crippen LogP contribution in [-0.4, -0.2) is 149 Å². The van der Waals surface area contributed by atoms with Gasteiger partial charge >= 0.3 is 11.9 Å². The number of aromatic nitrogens is 2. The molecule has 4 aromatic heterocycles. The Morgan fingerprint density at radius 2 is 0.764 bits per heavy atom. The number of pyridine rings is 2. The van der Waals surface area contributed by atoms with Gasteiger partial charge in [0.05, 0.1) is 105 Å². The molecule has 0 amide bonds. The summed E-state index contributed by atoms with van der Waals surface area (Å²) in [6.07, 6.45) is 3.45. The summed E-state index contributed by atoms with van der Waals surface area (Å²) in [7, 11) is 3.02. The molecular weight excluding hydrogens is 937 g/mol. The molecule has 20 heteroatoms. The lowest BCUT2D eigenvalue weighted by Crippen LogP contribution is -2.15. The number of nitrogens with two attached hydrogens (primary N) is 2. The molecule has 0 aliphatic heterocycles. The number of anilines is 2. The van der Waals surface area contributed by atoms with E-state index in [9.17, 15) is 29.4 Å². The minimum absolute atomic E-state index is 0.0794. The Balaban J connectivity index is 0.793. The van der Waals surface area contributed by atoms with Crippen LogP contribution in [-0.2, 0) is 28.4 Å². The molecule has 6 rings (SSSR count). The van der Waals surface area contributed by atoms with Gasteiger partial charge in [-0.2, -0.15) is 0 Å². The highest BCUT2D eigenvalue weighted by Crippen LogP contribution is 2.40. The van der Waals surface area contributed by atoms with Crippen molar-refractivity contribution in [3.05, 3.63) is 117 Å². The number of benzene rings is 2. The molecule has 0 atom stereocenters. The molecule has 2 aromatic carbocycles. The summed E-state index contributed by atoms with van der Waals surface area (Å²) in [6, 6.07) is 13.0. The van der Waals surface area contributed by atoms with Gasteiger partial charge in [-0.15, -0.1) is 0 Å². The normalized spacial score (nSPS) is 11.4. The number of carboxylic acids is 2. The van der Waals surface area contributed by atoms with Crippen LogP contribution in [0.2, 0.25) is 0 Å². The van der Waals surface area contributed by atoms with Crippen molar-refractivity contribution >= 4 is 45.9 Å². The first-order chi connectivity index (χ1) is 34.7. The number of rotatable bonds is 31. The maximum absolute atomic E-state index is 13.9. The third-order valence-corrected chi connectivity index (χ3v) is 11.8. The third-order valence-electron chi connectivity index (χ3n) is 11.8. The fourth-order valence-corrected chi connectivity index (χ4v) is 8.42. The fraction of sp³-hybridized carbons (Fsp3) is 0.385. The van der Waals surface area contributed by atoms with Crippen molar-refractivity contribution in [1.29, 1.82) is 0 Å². The van der Waals surface area contributed by atoms with Crippen LogP contribution in [0.3, 0.4) is 0 Å². The molecule has 0 unspecified atom stereocenters. The Bertz CT molecular complexity index is 2690. The SMILES string of the molecule is COc1c(C)c(C(=O)c2ccc(N)c(C(=O)O)c2C)n2cccc(OCCOCCOCCOCCOCCOCCOCCOc3cccn4c(C(=O)c5ccc(N)c(C(=O)O)c5C)c(C)c(OC)c34)c12. The van der Waals surface area contributed by atoms with Crippen LogP contribution < -0.4 is 30.4 Å². The van der Waals surface area contributed by atoms with Crippen molar-refractivity contribution in [2.45, 2.75) is 27.7 Å². The minimum atomic E-state index is -1.21.